The van der Waals surface area contributed by atoms with Crippen LogP contribution in [-0.4, -0.2) is 32.5 Å². The van der Waals surface area contributed by atoms with E-state index >= 15 is 0 Å². The second-order valence-electron chi connectivity index (χ2n) is 4.47. The fraction of sp³-hybridized carbons (Fsp3) is 0.214. The van der Waals surface area contributed by atoms with E-state index < -0.39 is 5.97 Å². The van der Waals surface area contributed by atoms with Gasteiger partial charge in [-0.25, -0.2) is 14.8 Å². The molecular weight excluding hydrogens is 280 g/mol. The van der Waals surface area contributed by atoms with Crippen molar-refractivity contribution in [2.24, 2.45) is 0 Å². The molecule has 2 aromatic rings. The average Bonchev–Trinajstić information content (AvgIpc) is 3.15. The largest absolute Gasteiger partial charge is 0.488 e. The standard InChI is InChI=1S/C14H11ClN2O3/c15-9-7-12(9)20-11-4-2-1-3-8(11)10-5-6-16-13(17-10)14(18)19/h1-6,9,12H,7H2,(H,18,19). The van der Waals surface area contributed by atoms with Crippen molar-refractivity contribution in [2.75, 3.05) is 0 Å². The summed E-state index contributed by atoms with van der Waals surface area (Å²) >= 11 is 5.94. The van der Waals surface area contributed by atoms with Gasteiger partial charge in [0.15, 0.2) is 0 Å². The third kappa shape index (κ3) is 2.58. The van der Waals surface area contributed by atoms with Gasteiger partial charge in [0, 0.05) is 18.2 Å². The molecule has 2 atom stereocenters. The molecule has 1 saturated carbocycles. The monoisotopic (exact) mass is 290 g/mol. The summed E-state index contributed by atoms with van der Waals surface area (Å²) < 4.78 is 5.78. The lowest BCUT2D eigenvalue weighted by molar-refractivity contribution is 0.0683. The molecule has 0 saturated heterocycles. The second kappa shape index (κ2) is 5.09. The van der Waals surface area contributed by atoms with Crippen LogP contribution in [0.3, 0.4) is 0 Å². The number of benzene rings is 1. The molecule has 1 fully saturated rings. The molecule has 5 nitrogen and oxygen atoms in total. The van der Waals surface area contributed by atoms with Crippen LogP contribution in [0.1, 0.15) is 17.0 Å². The van der Waals surface area contributed by atoms with Gasteiger partial charge in [-0.05, 0) is 18.2 Å². The van der Waals surface area contributed by atoms with Crippen molar-refractivity contribution >= 4 is 17.6 Å². The number of halogens is 1. The predicted octanol–water partition coefficient (Wildman–Crippen LogP) is 2.60. The number of alkyl halides is 1. The number of aromatic carboxylic acids is 1. The van der Waals surface area contributed by atoms with Gasteiger partial charge < -0.3 is 9.84 Å². The van der Waals surface area contributed by atoms with Crippen molar-refractivity contribution in [1.29, 1.82) is 0 Å². The lowest BCUT2D eigenvalue weighted by Gasteiger charge is -2.10. The molecule has 1 N–H and O–H groups in total. The lowest BCUT2D eigenvalue weighted by atomic mass is 10.1. The summed E-state index contributed by atoms with van der Waals surface area (Å²) in [7, 11) is 0. The molecule has 1 aromatic carbocycles. The van der Waals surface area contributed by atoms with Gasteiger partial charge in [-0.15, -0.1) is 11.6 Å². The SMILES string of the molecule is O=C(O)c1nccc(-c2ccccc2OC2CC2Cl)n1. The molecule has 3 rings (SSSR count). The third-order valence-corrected chi connectivity index (χ3v) is 3.41. The number of hydrogen-bond donors (Lipinski definition) is 1. The zero-order valence-electron chi connectivity index (χ0n) is 10.4. The Bertz CT molecular complexity index is 662. The van der Waals surface area contributed by atoms with E-state index in [9.17, 15) is 4.79 Å². The molecule has 0 amide bonds. The van der Waals surface area contributed by atoms with Crippen LogP contribution in [0, 0.1) is 0 Å². The first kappa shape index (κ1) is 12.9. The van der Waals surface area contributed by atoms with Crippen molar-refractivity contribution in [3.05, 3.63) is 42.4 Å². The number of rotatable bonds is 4. The molecule has 0 aliphatic heterocycles. The molecule has 0 radical (unpaired) electrons. The van der Waals surface area contributed by atoms with Crippen molar-refractivity contribution < 1.29 is 14.6 Å². The number of carbonyl (C=O) groups is 1. The average molecular weight is 291 g/mol. The fourth-order valence-corrected chi connectivity index (χ4v) is 2.05. The maximum Gasteiger partial charge on any atom is 0.373 e. The van der Waals surface area contributed by atoms with Crippen molar-refractivity contribution in [2.45, 2.75) is 17.9 Å². The first-order valence-corrected chi connectivity index (χ1v) is 6.55. The van der Waals surface area contributed by atoms with Gasteiger partial charge in [0.2, 0.25) is 5.82 Å². The molecule has 1 aromatic heterocycles. The number of carboxylic acid groups (broad SMARTS) is 1. The fourth-order valence-electron chi connectivity index (χ4n) is 1.82. The highest BCUT2D eigenvalue weighted by Crippen LogP contribution is 2.36. The number of nitrogens with zero attached hydrogens (tertiary/aromatic N) is 2. The Kier molecular flexibility index (Phi) is 3.28. The number of para-hydroxylation sites is 1. The molecule has 2 unspecified atom stereocenters. The smallest absolute Gasteiger partial charge is 0.373 e. The van der Waals surface area contributed by atoms with Crippen molar-refractivity contribution in [1.82, 2.24) is 9.97 Å². The van der Waals surface area contributed by atoms with E-state index in [-0.39, 0.29) is 17.3 Å². The van der Waals surface area contributed by atoms with Crippen LogP contribution in [-0.2, 0) is 0 Å². The molecule has 1 aliphatic carbocycles. The van der Waals surface area contributed by atoms with Crippen LogP contribution in [0.15, 0.2) is 36.5 Å². The Morgan fingerprint density at radius 3 is 2.80 bits per heavy atom. The van der Waals surface area contributed by atoms with Gasteiger partial charge in [0.1, 0.15) is 11.9 Å². The van der Waals surface area contributed by atoms with Gasteiger partial charge in [-0.2, -0.15) is 0 Å². The lowest BCUT2D eigenvalue weighted by Crippen LogP contribution is -2.05. The highest BCUT2D eigenvalue weighted by atomic mass is 35.5. The first-order valence-electron chi connectivity index (χ1n) is 6.11. The van der Waals surface area contributed by atoms with Gasteiger partial charge in [0.25, 0.3) is 0 Å². The van der Waals surface area contributed by atoms with Crippen molar-refractivity contribution in [3.63, 3.8) is 0 Å². The van der Waals surface area contributed by atoms with Crippen LogP contribution in [0.5, 0.6) is 5.75 Å². The van der Waals surface area contributed by atoms with Crippen LogP contribution in [0.25, 0.3) is 11.3 Å². The molecule has 0 bridgehead atoms. The summed E-state index contributed by atoms with van der Waals surface area (Å²) in [5, 5.41) is 8.99. The minimum Gasteiger partial charge on any atom is -0.488 e. The maximum absolute atomic E-state index is 10.9. The summed E-state index contributed by atoms with van der Waals surface area (Å²) in [6, 6.07) is 8.99. The van der Waals surface area contributed by atoms with E-state index in [1.807, 2.05) is 24.3 Å². The Morgan fingerprint density at radius 2 is 2.10 bits per heavy atom. The Morgan fingerprint density at radius 1 is 1.35 bits per heavy atom. The van der Waals surface area contributed by atoms with Gasteiger partial charge in [-0.1, -0.05) is 12.1 Å². The maximum atomic E-state index is 10.9. The molecule has 1 heterocycles. The minimum absolute atomic E-state index is 0.0126. The number of ether oxygens (including phenoxy) is 1. The zero-order valence-corrected chi connectivity index (χ0v) is 11.1. The van der Waals surface area contributed by atoms with E-state index in [0.29, 0.717) is 11.4 Å². The highest BCUT2D eigenvalue weighted by Gasteiger charge is 2.38. The van der Waals surface area contributed by atoms with Crippen LogP contribution in [0.4, 0.5) is 0 Å². The van der Waals surface area contributed by atoms with Crippen LogP contribution in [0.2, 0.25) is 0 Å². The van der Waals surface area contributed by atoms with E-state index in [2.05, 4.69) is 9.97 Å². The Labute approximate surface area is 120 Å². The summed E-state index contributed by atoms with van der Waals surface area (Å²) in [5.74, 6) is -0.747. The number of hydrogen-bond acceptors (Lipinski definition) is 4. The van der Waals surface area contributed by atoms with Crippen LogP contribution >= 0.6 is 11.6 Å². The predicted molar refractivity (Wildman–Crippen MR) is 73.1 cm³/mol. The topological polar surface area (TPSA) is 72.3 Å². The molecule has 6 heteroatoms. The van der Waals surface area contributed by atoms with Gasteiger partial charge >= 0.3 is 5.97 Å². The molecule has 102 valence electrons. The number of aromatic nitrogens is 2. The quantitative estimate of drug-likeness (QED) is 0.876. The highest BCUT2D eigenvalue weighted by molar-refractivity contribution is 6.23. The van der Waals surface area contributed by atoms with E-state index in [1.165, 1.54) is 6.20 Å². The van der Waals surface area contributed by atoms with Crippen LogP contribution < -0.4 is 4.74 Å². The van der Waals surface area contributed by atoms with E-state index in [0.717, 1.165) is 12.0 Å². The van der Waals surface area contributed by atoms with Gasteiger partial charge in [-0.3, -0.25) is 0 Å². The summed E-state index contributed by atoms with van der Waals surface area (Å²) in [6.07, 6.45) is 2.25. The Balaban J connectivity index is 1.96. The van der Waals surface area contributed by atoms with Crippen molar-refractivity contribution in [3.8, 4) is 17.0 Å². The Hall–Kier alpha value is -2.14. The summed E-state index contributed by atoms with van der Waals surface area (Å²) in [5.41, 5.74) is 1.24. The molecule has 1 aliphatic rings. The minimum atomic E-state index is -1.16. The zero-order chi connectivity index (χ0) is 14.1. The molecule has 0 spiro atoms. The third-order valence-electron chi connectivity index (χ3n) is 2.95. The summed E-state index contributed by atoms with van der Waals surface area (Å²) in [6.45, 7) is 0. The van der Waals surface area contributed by atoms with E-state index in [4.69, 9.17) is 21.4 Å². The number of carboxylic acids is 1. The summed E-state index contributed by atoms with van der Waals surface area (Å²) in [4.78, 5) is 18.7. The van der Waals surface area contributed by atoms with E-state index in [1.54, 1.807) is 6.07 Å². The first-order chi connectivity index (χ1) is 9.65. The second-order valence-corrected chi connectivity index (χ2v) is 5.04. The molecule has 20 heavy (non-hydrogen) atoms. The normalized spacial score (nSPS) is 20.4. The molecular formula is C14H11ClN2O3. The van der Waals surface area contributed by atoms with Gasteiger partial charge in [0.05, 0.1) is 11.1 Å².